The van der Waals surface area contributed by atoms with Crippen molar-refractivity contribution in [3.63, 3.8) is 0 Å². The number of amides is 1. The predicted octanol–water partition coefficient (Wildman–Crippen LogP) is 1.62. The van der Waals surface area contributed by atoms with Crippen LogP contribution in [0.4, 0.5) is 5.69 Å². The van der Waals surface area contributed by atoms with E-state index >= 15 is 0 Å². The molecule has 2 N–H and O–H groups in total. The van der Waals surface area contributed by atoms with Crippen molar-refractivity contribution >= 4 is 11.6 Å². The summed E-state index contributed by atoms with van der Waals surface area (Å²) in [6, 6.07) is 6.27. The molecule has 1 aromatic carbocycles. The largest absolute Gasteiger partial charge is 0.482 e. The van der Waals surface area contributed by atoms with Gasteiger partial charge in [-0.25, -0.2) is 0 Å². The summed E-state index contributed by atoms with van der Waals surface area (Å²) in [7, 11) is 2.18. The molecule has 1 saturated heterocycles. The number of carbonyl (C=O) groups excluding carboxylic acids is 1. The summed E-state index contributed by atoms with van der Waals surface area (Å²) in [5.41, 5.74) is 1.95. The molecule has 2 aliphatic heterocycles. The van der Waals surface area contributed by atoms with Crippen molar-refractivity contribution in [2.75, 3.05) is 38.6 Å². The third-order valence-corrected chi connectivity index (χ3v) is 4.34. The first kappa shape index (κ1) is 14.4. The summed E-state index contributed by atoms with van der Waals surface area (Å²) >= 11 is 0. The molecule has 1 aromatic rings. The topological polar surface area (TPSA) is 53.6 Å². The van der Waals surface area contributed by atoms with Crippen molar-refractivity contribution in [2.24, 2.45) is 5.92 Å². The summed E-state index contributed by atoms with van der Waals surface area (Å²) in [4.78, 5) is 13.8. The second-order valence-corrected chi connectivity index (χ2v) is 6.14. The van der Waals surface area contributed by atoms with Crippen LogP contribution in [-0.4, -0.2) is 44.1 Å². The van der Waals surface area contributed by atoms with E-state index in [2.05, 4.69) is 35.6 Å². The molecule has 0 spiro atoms. The number of likely N-dealkylation sites (tertiary alicyclic amines) is 1. The lowest BCUT2D eigenvalue weighted by atomic mass is 10.0. The minimum Gasteiger partial charge on any atom is -0.482 e. The molecule has 0 saturated carbocycles. The number of fused-ring (bicyclic) bond motifs is 1. The van der Waals surface area contributed by atoms with E-state index in [1.54, 1.807) is 0 Å². The van der Waals surface area contributed by atoms with Gasteiger partial charge in [0.1, 0.15) is 5.75 Å². The maximum absolute atomic E-state index is 11.4. The van der Waals surface area contributed by atoms with Gasteiger partial charge in [-0.05, 0) is 57.1 Å². The Morgan fingerprint density at radius 1 is 1.52 bits per heavy atom. The maximum atomic E-state index is 11.4. The van der Waals surface area contributed by atoms with Crippen LogP contribution in [0.25, 0.3) is 0 Å². The monoisotopic (exact) mass is 289 g/mol. The number of nitrogens with one attached hydrogen (secondary N) is 2. The zero-order chi connectivity index (χ0) is 14.8. The lowest BCUT2D eigenvalue weighted by molar-refractivity contribution is -0.118. The third kappa shape index (κ3) is 3.36. The highest BCUT2D eigenvalue weighted by Crippen LogP contribution is 2.30. The van der Waals surface area contributed by atoms with E-state index in [0.717, 1.165) is 23.9 Å². The second-order valence-electron chi connectivity index (χ2n) is 6.14. The summed E-state index contributed by atoms with van der Waals surface area (Å²) in [6.07, 6.45) is 1.27. The van der Waals surface area contributed by atoms with E-state index in [0.29, 0.717) is 0 Å². The van der Waals surface area contributed by atoms with Gasteiger partial charge in [-0.3, -0.25) is 4.79 Å². The number of rotatable bonds is 4. The van der Waals surface area contributed by atoms with Gasteiger partial charge in [0.05, 0.1) is 5.69 Å². The minimum absolute atomic E-state index is 0.0887. The second kappa shape index (κ2) is 6.03. The molecule has 2 aliphatic rings. The first-order chi connectivity index (χ1) is 10.1. The Kier molecular flexibility index (Phi) is 4.12. The third-order valence-electron chi connectivity index (χ3n) is 4.34. The van der Waals surface area contributed by atoms with Crippen LogP contribution in [0.2, 0.25) is 0 Å². The highest BCUT2D eigenvalue weighted by Gasteiger charge is 2.21. The van der Waals surface area contributed by atoms with Crippen LogP contribution in [0.3, 0.4) is 0 Å². The fourth-order valence-corrected chi connectivity index (χ4v) is 3.02. The molecular formula is C16H23N3O2. The summed E-state index contributed by atoms with van der Waals surface area (Å²) < 4.78 is 5.39. The first-order valence-electron chi connectivity index (χ1n) is 7.60. The van der Waals surface area contributed by atoms with Crippen molar-refractivity contribution in [1.29, 1.82) is 0 Å². The molecule has 1 fully saturated rings. The van der Waals surface area contributed by atoms with Gasteiger partial charge in [0.2, 0.25) is 0 Å². The molecule has 2 heterocycles. The molecule has 0 aliphatic carbocycles. The van der Waals surface area contributed by atoms with Crippen LogP contribution in [0.1, 0.15) is 24.9 Å². The number of anilines is 1. The number of carbonyl (C=O) groups is 1. The average Bonchev–Trinajstić information content (AvgIpc) is 2.89. The van der Waals surface area contributed by atoms with E-state index in [-0.39, 0.29) is 18.6 Å². The fourth-order valence-electron chi connectivity index (χ4n) is 3.02. The van der Waals surface area contributed by atoms with Crippen LogP contribution in [-0.2, 0) is 4.79 Å². The number of benzene rings is 1. The van der Waals surface area contributed by atoms with Crippen molar-refractivity contribution in [3.05, 3.63) is 23.8 Å². The van der Waals surface area contributed by atoms with E-state index in [9.17, 15) is 4.79 Å². The zero-order valence-corrected chi connectivity index (χ0v) is 12.7. The van der Waals surface area contributed by atoms with Gasteiger partial charge >= 0.3 is 0 Å². The Hall–Kier alpha value is -1.59. The van der Waals surface area contributed by atoms with Crippen molar-refractivity contribution in [1.82, 2.24) is 10.2 Å². The van der Waals surface area contributed by atoms with Crippen LogP contribution in [0.15, 0.2) is 18.2 Å². The molecule has 0 radical (unpaired) electrons. The van der Waals surface area contributed by atoms with Gasteiger partial charge in [0.25, 0.3) is 5.91 Å². The number of hydrogen-bond acceptors (Lipinski definition) is 4. The summed E-state index contributed by atoms with van der Waals surface area (Å²) in [5.74, 6) is 1.40. The molecular weight excluding hydrogens is 266 g/mol. The van der Waals surface area contributed by atoms with Crippen LogP contribution >= 0.6 is 0 Å². The molecule has 2 unspecified atom stereocenters. The predicted molar refractivity (Wildman–Crippen MR) is 82.6 cm³/mol. The van der Waals surface area contributed by atoms with Gasteiger partial charge in [-0.1, -0.05) is 6.07 Å². The average molecular weight is 289 g/mol. The van der Waals surface area contributed by atoms with Crippen LogP contribution in [0.5, 0.6) is 5.75 Å². The summed E-state index contributed by atoms with van der Waals surface area (Å²) in [6.45, 7) is 5.67. The molecule has 2 atom stereocenters. The van der Waals surface area contributed by atoms with Crippen molar-refractivity contribution in [3.8, 4) is 5.75 Å². The maximum Gasteiger partial charge on any atom is 0.262 e. The minimum atomic E-state index is -0.0887. The highest BCUT2D eigenvalue weighted by atomic mass is 16.5. The van der Waals surface area contributed by atoms with E-state index in [1.165, 1.54) is 25.1 Å². The van der Waals surface area contributed by atoms with Gasteiger partial charge in [0, 0.05) is 12.6 Å². The Morgan fingerprint density at radius 2 is 2.38 bits per heavy atom. The van der Waals surface area contributed by atoms with Gasteiger partial charge < -0.3 is 20.3 Å². The van der Waals surface area contributed by atoms with E-state index in [1.807, 2.05) is 12.1 Å². The highest BCUT2D eigenvalue weighted by molar-refractivity contribution is 5.95. The van der Waals surface area contributed by atoms with E-state index < -0.39 is 0 Å². The van der Waals surface area contributed by atoms with Gasteiger partial charge in [0.15, 0.2) is 6.61 Å². The Labute approximate surface area is 125 Å². The molecule has 5 nitrogen and oxygen atoms in total. The molecule has 5 heteroatoms. The Balaban J connectivity index is 1.60. The van der Waals surface area contributed by atoms with Crippen LogP contribution in [0, 0.1) is 5.92 Å². The standard InChI is InChI=1S/C16H23N3O2/c1-11(17-8-12-5-6-19(2)9-12)13-3-4-15-14(7-13)18-16(20)10-21-15/h3-4,7,11-12,17H,5-6,8-10H2,1-2H3,(H,18,20). The number of nitrogens with zero attached hydrogens (tertiary/aromatic N) is 1. The number of hydrogen-bond donors (Lipinski definition) is 2. The van der Waals surface area contributed by atoms with Gasteiger partial charge in [-0.2, -0.15) is 0 Å². The molecule has 1 amide bonds. The first-order valence-corrected chi connectivity index (χ1v) is 7.60. The van der Waals surface area contributed by atoms with Gasteiger partial charge in [-0.15, -0.1) is 0 Å². The van der Waals surface area contributed by atoms with Crippen molar-refractivity contribution < 1.29 is 9.53 Å². The lowest BCUT2D eigenvalue weighted by Crippen LogP contribution is -2.28. The zero-order valence-electron chi connectivity index (χ0n) is 12.7. The summed E-state index contributed by atoms with van der Waals surface area (Å²) in [5, 5.41) is 6.46. The number of ether oxygens (including phenoxy) is 1. The smallest absolute Gasteiger partial charge is 0.262 e. The molecule has 0 aromatic heterocycles. The molecule has 3 rings (SSSR count). The van der Waals surface area contributed by atoms with Crippen LogP contribution < -0.4 is 15.4 Å². The van der Waals surface area contributed by atoms with Crippen molar-refractivity contribution in [2.45, 2.75) is 19.4 Å². The Morgan fingerprint density at radius 3 is 3.14 bits per heavy atom. The molecule has 114 valence electrons. The quantitative estimate of drug-likeness (QED) is 0.884. The fraction of sp³-hybridized carbons (Fsp3) is 0.562. The Bertz CT molecular complexity index is 532. The van der Waals surface area contributed by atoms with E-state index in [4.69, 9.17) is 4.74 Å². The molecule has 21 heavy (non-hydrogen) atoms. The molecule has 0 bridgehead atoms. The lowest BCUT2D eigenvalue weighted by Gasteiger charge is -2.22. The normalized spacial score (nSPS) is 23.3. The SMILES string of the molecule is CC(NCC1CCN(C)C1)c1ccc2c(c1)NC(=O)CO2.